The highest BCUT2D eigenvalue weighted by molar-refractivity contribution is 9.10. The van der Waals surface area contributed by atoms with Crippen molar-refractivity contribution in [1.29, 1.82) is 0 Å². The Balaban J connectivity index is 1.59. The molecule has 0 radical (unpaired) electrons. The largest absolute Gasteiger partial charge is 0.373 e. The van der Waals surface area contributed by atoms with E-state index in [1.807, 2.05) is 0 Å². The molecule has 1 nitrogen and oxygen atoms in total. The molecular formula is C16H20BrClO. The van der Waals surface area contributed by atoms with Crippen molar-refractivity contribution in [3.63, 3.8) is 0 Å². The molecule has 2 aliphatic rings. The molecule has 1 aromatic carbocycles. The van der Waals surface area contributed by atoms with Crippen molar-refractivity contribution in [2.45, 2.75) is 56.6 Å². The van der Waals surface area contributed by atoms with E-state index >= 15 is 0 Å². The first-order valence-corrected chi connectivity index (χ1v) is 8.44. The van der Waals surface area contributed by atoms with Crippen LogP contribution in [0, 0.1) is 5.41 Å². The van der Waals surface area contributed by atoms with Crippen molar-refractivity contribution in [3.8, 4) is 0 Å². The van der Waals surface area contributed by atoms with Crippen LogP contribution in [0.15, 0.2) is 28.7 Å². The summed E-state index contributed by atoms with van der Waals surface area (Å²) in [6, 6.07) is 8.38. The molecule has 0 aliphatic heterocycles. The van der Waals surface area contributed by atoms with Gasteiger partial charge in [0.2, 0.25) is 0 Å². The Morgan fingerprint density at radius 3 is 2.47 bits per heavy atom. The van der Waals surface area contributed by atoms with Gasteiger partial charge in [0.25, 0.3) is 0 Å². The van der Waals surface area contributed by atoms with Gasteiger partial charge in [0.1, 0.15) is 0 Å². The standard InChI is InChI=1S/C16H20BrClO/c17-13-6-4-12(5-7-13)11-19-15-10-14(18)16(15)8-2-1-3-9-16/h4-7,14-15H,1-3,8-11H2. The van der Waals surface area contributed by atoms with Gasteiger partial charge in [0, 0.05) is 15.3 Å². The maximum absolute atomic E-state index is 6.50. The van der Waals surface area contributed by atoms with Crippen LogP contribution in [0.2, 0.25) is 0 Å². The molecule has 0 saturated heterocycles. The van der Waals surface area contributed by atoms with E-state index in [4.69, 9.17) is 16.3 Å². The van der Waals surface area contributed by atoms with E-state index in [9.17, 15) is 0 Å². The third-order valence-corrected chi connectivity index (χ3v) is 5.98. The highest BCUT2D eigenvalue weighted by Crippen LogP contribution is 2.55. The van der Waals surface area contributed by atoms with Crippen molar-refractivity contribution in [3.05, 3.63) is 34.3 Å². The summed E-state index contributed by atoms with van der Waals surface area (Å²) in [5.41, 5.74) is 1.53. The molecule has 1 spiro atoms. The molecule has 1 aromatic rings. The van der Waals surface area contributed by atoms with Gasteiger partial charge in [0.05, 0.1) is 12.7 Å². The fraction of sp³-hybridized carbons (Fsp3) is 0.625. The molecule has 2 unspecified atom stereocenters. The molecule has 0 aromatic heterocycles. The van der Waals surface area contributed by atoms with Crippen molar-refractivity contribution in [2.24, 2.45) is 5.41 Å². The van der Waals surface area contributed by atoms with Crippen molar-refractivity contribution in [2.75, 3.05) is 0 Å². The number of benzene rings is 1. The second-order valence-electron chi connectivity index (χ2n) is 5.92. The minimum absolute atomic E-state index is 0.287. The van der Waals surface area contributed by atoms with Crippen LogP contribution in [0.4, 0.5) is 0 Å². The lowest BCUT2D eigenvalue weighted by molar-refractivity contribution is -0.131. The maximum atomic E-state index is 6.50. The summed E-state index contributed by atoms with van der Waals surface area (Å²) in [5, 5.41) is 0.336. The molecule has 3 heteroatoms. The first-order valence-electron chi connectivity index (χ1n) is 7.21. The van der Waals surface area contributed by atoms with Crippen LogP contribution < -0.4 is 0 Å². The summed E-state index contributed by atoms with van der Waals surface area (Å²) in [6.07, 6.45) is 7.92. The van der Waals surface area contributed by atoms with Gasteiger partial charge in [0.15, 0.2) is 0 Å². The minimum Gasteiger partial charge on any atom is -0.373 e. The third kappa shape index (κ3) is 2.72. The average molecular weight is 344 g/mol. The van der Waals surface area contributed by atoms with E-state index in [-0.39, 0.29) is 5.41 Å². The zero-order chi connectivity index (χ0) is 13.3. The van der Waals surface area contributed by atoms with E-state index in [2.05, 4.69) is 40.2 Å². The predicted octanol–water partition coefficient (Wildman–Crippen LogP) is 5.30. The summed E-state index contributed by atoms with van der Waals surface area (Å²) < 4.78 is 7.28. The first kappa shape index (κ1) is 13.9. The Bertz CT molecular complexity index is 425. The molecule has 2 fully saturated rings. The zero-order valence-corrected chi connectivity index (χ0v) is 13.4. The van der Waals surface area contributed by atoms with Crippen molar-refractivity contribution < 1.29 is 4.74 Å². The molecule has 0 heterocycles. The topological polar surface area (TPSA) is 9.23 Å². The molecule has 104 valence electrons. The number of rotatable bonds is 3. The lowest BCUT2D eigenvalue weighted by Gasteiger charge is -2.55. The van der Waals surface area contributed by atoms with Crippen LogP contribution in [0.5, 0.6) is 0 Å². The molecule has 2 saturated carbocycles. The van der Waals surface area contributed by atoms with E-state index < -0.39 is 0 Å². The maximum Gasteiger partial charge on any atom is 0.0720 e. The van der Waals surface area contributed by atoms with Crippen LogP contribution in [-0.4, -0.2) is 11.5 Å². The summed E-state index contributed by atoms with van der Waals surface area (Å²) in [7, 11) is 0. The molecule has 2 atom stereocenters. The first-order chi connectivity index (χ1) is 9.21. The van der Waals surface area contributed by atoms with Gasteiger partial charge in [-0.1, -0.05) is 47.3 Å². The second-order valence-corrected chi connectivity index (χ2v) is 7.37. The van der Waals surface area contributed by atoms with Crippen molar-refractivity contribution >= 4 is 27.5 Å². The average Bonchev–Trinajstić information content (AvgIpc) is 2.46. The van der Waals surface area contributed by atoms with Gasteiger partial charge in [-0.25, -0.2) is 0 Å². The SMILES string of the molecule is ClC1CC(OCc2ccc(Br)cc2)C12CCCCC2. The summed E-state index contributed by atoms with van der Waals surface area (Å²) in [4.78, 5) is 0. The van der Waals surface area contributed by atoms with Crippen LogP contribution in [-0.2, 0) is 11.3 Å². The molecule has 19 heavy (non-hydrogen) atoms. The molecule has 0 N–H and O–H groups in total. The van der Waals surface area contributed by atoms with Crippen LogP contribution in [0.3, 0.4) is 0 Å². The molecule has 0 bridgehead atoms. The highest BCUT2D eigenvalue weighted by atomic mass is 79.9. The fourth-order valence-electron chi connectivity index (χ4n) is 3.56. The molecular weight excluding hydrogens is 324 g/mol. The van der Waals surface area contributed by atoms with Gasteiger partial charge in [-0.3, -0.25) is 0 Å². The van der Waals surface area contributed by atoms with Gasteiger partial charge < -0.3 is 4.74 Å². The normalized spacial score (nSPS) is 29.2. The van der Waals surface area contributed by atoms with Gasteiger partial charge in [-0.05, 0) is 37.0 Å². The Labute approximate surface area is 128 Å². The Kier molecular flexibility index (Phi) is 4.21. The summed E-state index contributed by atoms with van der Waals surface area (Å²) in [5.74, 6) is 0. The van der Waals surface area contributed by atoms with Crippen LogP contribution >= 0.6 is 27.5 Å². The smallest absolute Gasteiger partial charge is 0.0720 e. The summed E-state index contributed by atoms with van der Waals surface area (Å²) >= 11 is 9.95. The lowest BCUT2D eigenvalue weighted by atomic mass is 9.58. The van der Waals surface area contributed by atoms with E-state index in [1.54, 1.807) is 0 Å². The minimum atomic E-state index is 0.287. The molecule has 0 amide bonds. The third-order valence-electron chi connectivity index (χ3n) is 4.83. The lowest BCUT2D eigenvalue weighted by Crippen LogP contribution is -2.56. The predicted molar refractivity (Wildman–Crippen MR) is 82.5 cm³/mol. The Morgan fingerprint density at radius 1 is 1.16 bits per heavy atom. The number of alkyl halides is 1. The Hall–Kier alpha value is -0.0500. The van der Waals surface area contributed by atoms with Gasteiger partial charge >= 0.3 is 0 Å². The number of halogens is 2. The number of hydrogen-bond acceptors (Lipinski definition) is 1. The van der Waals surface area contributed by atoms with E-state index in [1.165, 1.54) is 37.7 Å². The van der Waals surface area contributed by atoms with Crippen molar-refractivity contribution in [1.82, 2.24) is 0 Å². The zero-order valence-electron chi connectivity index (χ0n) is 11.1. The highest BCUT2D eigenvalue weighted by Gasteiger charge is 2.54. The fourth-order valence-corrected chi connectivity index (χ4v) is 4.34. The number of hydrogen-bond donors (Lipinski definition) is 0. The van der Waals surface area contributed by atoms with Gasteiger partial charge in [-0.2, -0.15) is 0 Å². The van der Waals surface area contributed by atoms with Gasteiger partial charge in [-0.15, -0.1) is 11.6 Å². The van der Waals surface area contributed by atoms with Crippen LogP contribution in [0.1, 0.15) is 44.1 Å². The molecule has 3 rings (SSSR count). The molecule has 2 aliphatic carbocycles. The van der Waals surface area contributed by atoms with E-state index in [0.717, 1.165) is 10.9 Å². The summed E-state index contributed by atoms with van der Waals surface area (Å²) in [6.45, 7) is 0.712. The monoisotopic (exact) mass is 342 g/mol. The number of ether oxygens (including phenoxy) is 1. The van der Waals surface area contributed by atoms with E-state index in [0.29, 0.717) is 18.1 Å². The quantitative estimate of drug-likeness (QED) is 0.677. The second kappa shape index (κ2) is 5.75. The van der Waals surface area contributed by atoms with Crippen LogP contribution in [0.25, 0.3) is 0 Å². The Morgan fingerprint density at radius 2 is 1.84 bits per heavy atom.